The molecule has 0 saturated heterocycles. The Labute approximate surface area is 219 Å². The fourth-order valence-electron chi connectivity index (χ4n) is 4.44. The molecule has 0 spiro atoms. The summed E-state index contributed by atoms with van der Waals surface area (Å²) in [7, 11) is 4.78. The van der Waals surface area contributed by atoms with Gasteiger partial charge in [0.15, 0.2) is 7.85 Å². The number of aryl methyl sites for hydroxylation is 1. The average Bonchev–Trinajstić information content (AvgIpc) is 2.93. The van der Waals surface area contributed by atoms with Gasteiger partial charge in [-0.05, 0) is 47.4 Å². The van der Waals surface area contributed by atoms with Crippen LogP contribution in [-0.2, 0) is 13.1 Å². The lowest BCUT2D eigenvalue weighted by molar-refractivity contribution is 0.0728. The molecule has 4 rings (SSSR count). The summed E-state index contributed by atoms with van der Waals surface area (Å²) in [5.41, 5.74) is 5.81. The predicted octanol–water partition coefficient (Wildman–Crippen LogP) is 5.30. The third-order valence-corrected chi connectivity index (χ3v) is 6.36. The molecular formula is C31H30BNO4. The zero-order valence-electron chi connectivity index (χ0n) is 21.7. The van der Waals surface area contributed by atoms with Crippen molar-refractivity contribution in [1.82, 2.24) is 4.90 Å². The van der Waals surface area contributed by atoms with Crippen molar-refractivity contribution in [2.45, 2.75) is 20.0 Å². The molecule has 5 nitrogen and oxygen atoms in total. The third-order valence-electron chi connectivity index (χ3n) is 6.36. The lowest BCUT2D eigenvalue weighted by Gasteiger charge is -2.26. The molecule has 0 aliphatic heterocycles. The molecule has 4 aromatic rings. The minimum Gasteiger partial charge on any atom is -0.496 e. The van der Waals surface area contributed by atoms with Gasteiger partial charge in [-0.25, -0.2) is 0 Å². The molecule has 1 amide bonds. The summed E-state index contributed by atoms with van der Waals surface area (Å²) in [6.07, 6.45) is 0. The number of amides is 1. The maximum absolute atomic E-state index is 14.2. The lowest BCUT2D eigenvalue weighted by atomic mass is 9.94. The van der Waals surface area contributed by atoms with Crippen LogP contribution in [0.25, 0.3) is 11.1 Å². The number of carbonyl (C=O) groups excluding carboxylic acids is 2. The van der Waals surface area contributed by atoms with Crippen LogP contribution < -0.4 is 9.47 Å². The Bertz CT molecular complexity index is 1380. The second kappa shape index (κ2) is 11.6. The summed E-state index contributed by atoms with van der Waals surface area (Å²) >= 11 is 0. The van der Waals surface area contributed by atoms with Crippen LogP contribution in [0.3, 0.4) is 0 Å². The largest absolute Gasteiger partial charge is 0.496 e. The van der Waals surface area contributed by atoms with E-state index >= 15 is 0 Å². The van der Waals surface area contributed by atoms with Crippen LogP contribution >= 0.6 is 0 Å². The summed E-state index contributed by atoms with van der Waals surface area (Å²) in [6.45, 7) is 2.60. The fraction of sp³-hybridized carbons (Fsp3) is 0.161. The van der Waals surface area contributed by atoms with Gasteiger partial charge in [-0.1, -0.05) is 72.8 Å². The average molecular weight is 491 g/mol. The fourth-order valence-corrected chi connectivity index (χ4v) is 4.44. The molecule has 186 valence electrons. The standard InChI is InChI=1S/C31H30BNO4/c1-21-17-28(36-2)27(29(18-21)37-3)20-33(19-22-13-15-24(16-14-22)30(32)34)31(35)26-12-8-7-11-25(26)23-9-5-4-6-10-23/h4-18H,19-20,32H2,1-3H3. The lowest BCUT2D eigenvalue weighted by Crippen LogP contribution is -2.31. The van der Waals surface area contributed by atoms with Gasteiger partial charge in [0.25, 0.3) is 5.91 Å². The molecule has 0 saturated carbocycles. The van der Waals surface area contributed by atoms with Gasteiger partial charge < -0.3 is 19.2 Å². The Kier molecular flexibility index (Phi) is 8.09. The second-order valence-electron chi connectivity index (χ2n) is 8.97. The van der Waals surface area contributed by atoms with Crippen molar-refractivity contribution in [3.8, 4) is 22.6 Å². The van der Waals surface area contributed by atoms with Crippen LogP contribution in [-0.4, -0.2) is 38.6 Å². The quantitative estimate of drug-likeness (QED) is 0.299. The van der Waals surface area contributed by atoms with E-state index in [-0.39, 0.29) is 18.1 Å². The Balaban J connectivity index is 1.78. The van der Waals surface area contributed by atoms with Gasteiger partial charge in [-0.3, -0.25) is 4.79 Å². The van der Waals surface area contributed by atoms with E-state index in [1.54, 1.807) is 39.1 Å². The summed E-state index contributed by atoms with van der Waals surface area (Å²) in [5, 5.41) is 0. The number of carbonyl (C=O) groups is 2. The number of ether oxygens (including phenoxy) is 2. The van der Waals surface area contributed by atoms with E-state index in [1.165, 1.54) is 0 Å². The first-order valence-corrected chi connectivity index (χ1v) is 12.2. The number of hydrogen-bond donors (Lipinski definition) is 0. The molecule has 0 aliphatic rings. The Hall–Kier alpha value is -4.32. The maximum Gasteiger partial charge on any atom is 0.255 e. The highest BCUT2D eigenvalue weighted by molar-refractivity contribution is 6.62. The van der Waals surface area contributed by atoms with Crippen LogP contribution in [0.2, 0.25) is 0 Å². The van der Waals surface area contributed by atoms with Gasteiger partial charge in [-0.2, -0.15) is 0 Å². The summed E-state index contributed by atoms with van der Waals surface area (Å²) in [4.78, 5) is 27.7. The van der Waals surface area contributed by atoms with Gasteiger partial charge in [0.05, 0.1) is 26.3 Å². The van der Waals surface area contributed by atoms with Gasteiger partial charge in [0.2, 0.25) is 0 Å². The van der Waals surface area contributed by atoms with E-state index in [1.807, 2.05) is 85.8 Å². The summed E-state index contributed by atoms with van der Waals surface area (Å²) in [5.74, 6) is 1.22. The second-order valence-corrected chi connectivity index (χ2v) is 8.97. The Morgan fingerprint density at radius 2 is 1.38 bits per heavy atom. The van der Waals surface area contributed by atoms with Crippen molar-refractivity contribution in [2.24, 2.45) is 0 Å². The minimum atomic E-state index is -0.111. The Morgan fingerprint density at radius 3 is 1.97 bits per heavy atom. The smallest absolute Gasteiger partial charge is 0.255 e. The van der Waals surface area contributed by atoms with Crippen LogP contribution in [0, 0.1) is 6.92 Å². The van der Waals surface area contributed by atoms with Crippen LogP contribution in [0.1, 0.15) is 37.4 Å². The van der Waals surface area contributed by atoms with Gasteiger partial charge >= 0.3 is 0 Å². The van der Waals surface area contributed by atoms with Crippen molar-refractivity contribution in [3.63, 3.8) is 0 Å². The zero-order chi connectivity index (χ0) is 26.4. The SMILES string of the molecule is BC(=O)c1ccc(CN(Cc2c(OC)cc(C)cc2OC)C(=O)c2ccccc2-c2ccccc2)cc1. The molecule has 0 bridgehead atoms. The number of benzene rings is 4. The van der Waals surface area contributed by atoms with Gasteiger partial charge in [-0.15, -0.1) is 0 Å². The Morgan fingerprint density at radius 1 is 0.784 bits per heavy atom. The molecule has 0 radical (unpaired) electrons. The van der Waals surface area contributed by atoms with E-state index in [9.17, 15) is 9.59 Å². The molecule has 6 heteroatoms. The van der Waals surface area contributed by atoms with Crippen molar-refractivity contribution in [3.05, 3.63) is 119 Å². The van der Waals surface area contributed by atoms with E-state index < -0.39 is 0 Å². The first-order valence-electron chi connectivity index (χ1n) is 12.2. The highest BCUT2D eigenvalue weighted by Crippen LogP contribution is 2.33. The normalized spacial score (nSPS) is 10.6. The molecule has 37 heavy (non-hydrogen) atoms. The van der Waals surface area contributed by atoms with Crippen LogP contribution in [0.4, 0.5) is 0 Å². The highest BCUT2D eigenvalue weighted by atomic mass is 16.5. The summed E-state index contributed by atoms with van der Waals surface area (Å²) in [6, 6.07) is 28.8. The molecule has 0 N–H and O–H groups in total. The molecule has 4 aromatic carbocycles. The number of rotatable bonds is 9. The van der Waals surface area contributed by atoms with Crippen molar-refractivity contribution in [2.75, 3.05) is 14.2 Å². The number of hydrogen-bond acceptors (Lipinski definition) is 4. The van der Waals surface area contributed by atoms with E-state index in [4.69, 9.17) is 9.47 Å². The first kappa shape index (κ1) is 25.8. The maximum atomic E-state index is 14.2. The van der Waals surface area contributed by atoms with Crippen molar-refractivity contribution >= 4 is 19.4 Å². The van der Waals surface area contributed by atoms with Crippen LogP contribution in [0.5, 0.6) is 11.5 Å². The van der Waals surface area contributed by atoms with Gasteiger partial charge in [0, 0.05) is 17.7 Å². The minimum absolute atomic E-state index is 0.00500. The third kappa shape index (κ3) is 5.92. The zero-order valence-corrected chi connectivity index (χ0v) is 21.7. The molecule has 0 aromatic heterocycles. The molecular weight excluding hydrogens is 461 g/mol. The van der Waals surface area contributed by atoms with E-state index in [2.05, 4.69) is 0 Å². The molecule has 0 atom stereocenters. The van der Waals surface area contributed by atoms with E-state index in [0.29, 0.717) is 29.2 Å². The van der Waals surface area contributed by atoms with Crippen molar-refractivity contribution in [1.29, 1.82) is 0 Å². The molecule has 0 unspecified atom stereocenters. The molecule has 0 aliphatic carbocycles. The van der Waals surface area contributed by atoms with Crippen molar-refractivity contribution < 1.29 is 19.1 Å². The molecule has 0 heterocycles. The predicted molar refractivity (Wildman–Crippen MR) is 149 cm³/mol. The molecule has 0 fully saturated rings. The number of methoxy groups -OCH3 is 2. The highest BCUT2D eigenvalue weighted by Gasteiger charge is 2.23. The topological polar surface area (TPSA) is 55.8 Å². The monoisotopic (exact) mass is 491 g/mol. The van der Waals surface area contributed by atoms with Gasteiger partial charge in [0.1, 0.15) is 17.2 Å². The van der Waals surface area contributed by atoms with E-state index in [0.717, 1.165) is 27.8 Å². The van der Waals surface area contributed by atoms with Crippen LogP contribution in [0.15, 0.2) is 91.0 Å². The first-order chi connectivity index (χ1) is 17.9. The summed E-state index contributed by atoms with van der Waals surface area (Å²) < 4.78 is 11.4. The number of nitrogens with zero attached hydrogens (tertiary/aromatic N) is 1.